The molecule has 1 aliphatic carbocycles. The van der Waals surface area contributed by atoms with Gasteiger partial charge in [-0.1, -0.05) is 0 Å². The third kappa shape index (κ3) is 4.65. The fraction of sp³-hybridized carbons (Fsp3) is 0.609. The van der Waals surface area contributed by atoms with E-state index in [0.29, 0.717) is 11.3 Å². The Labute approximate surface area is 196 Å². The van der Waals surface area contributed by atoms with Crippen molar-refractivity contribution in [2.24, 2.45) is 11.8 Å². The zero-order valence-corrected chi connectivity index (χ0v) is 18.8. The molecule has 0 unspecified atom stereocenters. The number of hydrogen-bond acceptors (Lipinski definition) is 11. The Kier molecular flexibility index (Phi) is 7.15. The predicted octanol–water partition coefficient (Wildman–Crippen LogP) is -0.706. The number of benzene rings is 1. The first-order chi connectivity index (χ1) is 16.2. The molecule has 0 spiro atoms. The number of aliphatic hydroxyl groups excluding tert-OH is 4. The molecule has 0 bridgehead atoms. The van der Waals surface area contributed by atoms with Crippen LogP contribution in [0.25, 0.3) is 0 Å². The summed E-state index contributed by atoms with van der Waals surface area (Å²) in [5.74, 6) is -1.14. The van der Waals surface area contributed by atoms with Crippen LogP contribution in [0.2, 0.25) is 0 Å². The molecule has 11 heteroatoms. The molecule has 5 N–H and O–H groups in total. The molecular formula is C23H30O11. The lowest BCUT2D eigenvalue weighted by molar-refractivity contribution is -0.346. The predicted molar refractivity (Wildman–Crippen MR) is 113 cm³/mol. The third-order valence-electron chi connectivity index (χ3n) is 6.68. The second-order valence-electron chi connectivity index (χ2n) is 9.00. The van der Waals surface area contributed by atoms with Crippen LogP contribution in [0.15, 0.2) is 36.6 Å². The fourth-order valence-corrected chi connectivity index (χ4v) is 4.82. The van der Waals surface area contributed by atoms with Gasteiger partial charge < -0.3 is 49.2 Å². The minimum absolute atomic E-state index is 0.104. The number of hydrogen-bond donors (Lipinski definition) is 5. The molecule has 0 amide bonds. The van der Waals surface area contributed by atoms with Gasteiger partial charge in [0.05, 0.1) is 37.1 Å². The summed E-state index contributed by atoms with van der Waals surface area (Å²) in [5, 5.41) is 50.8. The van der Waals surface area contributed by atoms with Crippen LogP contribution in [0.1, 0.15) is 23.7 Å². The highest BCUT2D eigenvalue weighted by Crippen LogP contribution is 2.48. The van der Waals surface area contributed by atoms with E-state index in [4.69, 9.17) is 23.7 Å². The molecule has 10 atom stereocenters. The van der Waals surface area contributed by atoms with Gasteiger partial charge in [-0.25, -0.2) is 4.79 Å². The van der Waals surface area contributed by atoms with Crippen molar-refractivity contribution in [3.63, 3.8) is 0 Å². The molecule has 2 heterocycles. The Morgan fingerprint density at radius 1 is 1.12 bits per heavy atom. The first kappa shape index (κ1) is 24.9. The molecule has 1 aromatic carbocycles. The summed E-state index contributed by atoms with van der Waals surface area (Å²) in [6, 6.07) is 6.44. The molecule has 0 aromatic heterocycles. The standard InChI is InChI=1S/C23H30O11/c1-23(29)9-14(32-20(28)11-3-5-12(30-2)6-4-11)13-7-8-31-21(16(13)23)34-22-19(27)18(26)17(25)15(10-24)33-22/h3-8,13-19,21-22,24-27,29H,9-10H2,1-2H3/t13-,14-,15-,16+,17+,18+,19+,21-,22-,23-/m0/s1. The van der Waals surface area contributed by atoms with Crippen LogP contribution >= 0.6 is 0 Å². The maximum Gasteiger partial charge on any atom is 0.338 e. The van der Waals surface area contributed by atoms with Crippen molar-refractivity contribution in [3.05, 3.63) is 42.2 Å². The van der Waals surface area contributed by atoms with Crippen molar-refractivity contribution in [1.29, 1.82) is 0 Å². The number of rotatable bonds is 6. The van der Waals surface area contributed by atoms with E-state index in [1.165, 1.54) is 13.4 Å². The van der Waals surface area contributed by atoms with Crippen LogP contribution in [0.3, 0.4) is 0 Å². The van der Waals surface area contributed by atoms with Gasteiger partial charge in [0.2, 0.25) is 6.29 Å². The molecule has 188 valence electrons. The number of carbonyl (C=O) groups excluding carboxylic acids is 1. The van der Waals surface area contributed by atoms with E-state index in [0.717, 1.165) is 0 Å². The van der Waals surface area contributed by atoms with E-state index in [-0.39, 0.29) is 6.42 Å². The Hall–Kier alpha value is -2.25. The number of esters is 1. The number of methoxy groups -OCH3 is 1. The van der Waals surface area contributed by atoms with Crippen LogP contribution in [-0.2, 0) is 18.9 Å². The molecule has 4 rings (SSSR count). The monoisotopic (exact) mass is 482 g/mol. The van der Waals surface area contributed by atoms with Gasteiger partial charge in [-0.3, -0.25) is 0 Å². The van der Waals surface area contributed by atoms with Crippen molar-refractivity contribution in [2.45, 2.75) is 62.0 Å². The highest BCUT2D eigenvalue weighted by molar-refractivity contribution is 5.89. The van der Waals surface area contributed by atoms with Gasteiger partial charge in [-0.05, 0) is 37.3 Å². The lowest BCUT2D eigenvalue weighted by Gasteiger charge is -2.43. The second kappa shape index (κ2) is 9.78. The van der Waals surface area contributed by atoms with Gasteiger partial charge >= 0.3 is 5.97 Å². The van der Waals surface area contributed by atoms with Crippen LogP contribution in [0.5, 0.6) is 5.75 Å². The number of fused-ring (bicyclic) bond motifs is 1. The largest absolute Gasteiger partial charge is 0.497 e. The second-order valence-corrected chi connectivity index (χ2v) is 9.00. The zero-order valence-electron chi connectivity index (χ0n) is 18.8. The van der Waals surface area contributed by atoms with Crippen LogP contribution in [0.4, 0.5) is 0 Å². The summed E-state index contributed by atoms with van der Waals surface area (Å²) < 4.78 is 27.5. The molecular weight excluding hydrogens is 452 g/mol. The average molecular weight is 482 g/mol. The fourth-order valence-electron chi connectivity index (χ4n) is 4.82. The third-order valence-corrected chi connectivity index (χ3v) is 6.68. The summed E-state index contributed by atoms with van der Waals surface area (Å²) in [5.41, 5.74) is -1.05. The van der Waals surface area contributed by atoms with E-state index in [1.54, 1.807) is 37.3 Å². The summed E-state index contributed by atoms with van der Waals surface area (Å²) in [4.78, 5) is 12.7. The lowest BCUT2D eigenvalue weighted by atomic mass is 9.85. The molecule has 34 heavy (non-hydrogen) atoms. The molecule has 1 saturated carbocycles. The molecule has 3 aliphatic rings. The molecule has 1 aromatic rings. The van der Waals surface area contributed by atoms with Gasteiger partial charge in [-0.15, -0.1) is 0 Å². The average Bonchev–Trinajstić information content (AvgIpc) is 3.09. The van der Waals surface area contributed by atoms with Crippen LogP contribution < -0.4 is 4.74 Å². The Balaban J connectivity index is 1.48. The number of carbonyl (C=O) groups is 1. The highest BCUT2D eigenvalue weighted by Gasteiger charge is 2.58. The van der Waals surface area contributed by atoms with Crippen molar-refractivity contribution in [3.8, 4) is 5.75 Å². The lowest BCUT2D eigenvalue weighted by Crippen LogP contribution is -2.60. The smallest absolute Gasteiger partial charge is 0.338 e. The minimum Gasteiger partial charge on any atom is -0.497 e. The summed E-state index contributed by atoms with van der Waals surface area (Å²) in [7, 11) is 1.52. The normalized spacial score (nSPS) is 41.4. The van der Waals surface area contributed by atoms with Gasteiger partial charge in [0.25, 0.3) is 0 Å². The van der Waals surface area contributed by atoms with E-state index in [1.807, 2.05) is 0 Å². The van der Waals surface area contributed by atoms with Crippen molar-refractivity contribution < 1.29 is 54.0 Å². The van der Waals surface area contributed by atoms with Crippen LogP contribution in [0, 0.1) is 11.8 Å². The van der Waals surface area contributed by atoms with E-state index in [2.05, 4.69) is 0 Å². The first-order valence-electron chi connectivity index (χ1n) is 11.0. The number of aliphatic hydroxyl groups is 5. The van der Waals surface area contributed by atoms with Gasteiger partial charge in [0.1, 0.15) is 36.3 Å². The maximum absolute atomic E-state index is 12.7. The Morgan fingerprint density at radius 3 is 2.47 bits per heavy atom. The first-order valence-corrected chi connectivity index (χ1v) is 11.0. The van der Waals surface area contributed by atoms with E-state index in [9.17, 15) is 30.3 Å². The van der Waals surface area contributed by atoms with E-state index >= 15 is 0 Å². The van der Waals surface area contributed by atoms with Crippen molar-refractivity contribution >= 4 is 5.97 Å². The summed E-state index contributed by atoms with van der Waals surface area (Å²) >= 11 is 0. The quantitative estimate of drug-likeness (QED) is 0.326. The van der Waals surface area contributed by atoms with Crippen LogP contribution in [-0.4, -0.2) is 93.9 Å². The van der Waals surface area contributed by atoms with Gasteiger partial charge in [0, 0.05) is 12.3 Å². The number of ether oxygens (including phenoxy) is 5. The van der Waals surface area contributed by atoms with Gasteiger partial charge in [-0.2, -0.15) is 0 Å². The summed E-state index contributed by atoms with van der Waals surface area (Å²) in [6.07, 6.45) is -6.05. The van der Waals surface area contributed by atoms with Crippen molar-refractivity contribution in [1.82, 2.24) is 0 Å². The van der Waals surface area contributed by atoms with Gasteiger partial charge in [0.15, 0.2) is 6.29 Å². The Morgan fingerprint density at radius 2 is 1.82 bits per heavy atom. The minimum atomic E-state index is -1.62. The topological polar surface area (TPSA) is 164 Å². The van der Waals surface area contributed by atoms with E-state index < -0.39 is 73.1 Å². The highest BCUT2D eigenvalue weighted by atomic mass is 16.8. The summed E-state index contributed by atoms with van der Waals surface area (Å²) in [6.45, 7) is 0.960. The van der Waals surface area contributed by atoms with Crippen molar-refractivity contribution in [2.75, 3.05) is 13.7 Å². The SMILES string of the molecule is COc1ccc(C(=O)O[C@H]2C[C@](C)(O)[C@H]3[C@H](O[C@@H]4O[C@@H](CO)[C@@H](O)[C@@H](O)[C@H]4O)OC=C[C@H]32)cc1. The molecule has 11 nitrogen and oxygen atoms in total. The molecule has 2 fully saturated rings. The molecule has 1 saturated heterocycles. The molecule has 2 aliphatic heterocycles. The zero-order chi connectivity index (χ0) is 24.6. The maximum atomic E-state index is 12.7. The Bertz CT molecular complexity index is 883. The molecule has 0 radical (unpaired) electrons.